The number of hydrogen-bond donors (Lipinski definition) is 0. The van der Waals surface area contributed by atoms with Crippen molar-refractivity contribution in [2.24, 2.45) is 0 Å². The van der Waals surface area contributed by atoms with E-state index in [0.29, 0.717) is 11.4 Å². The number of rotatable bonds is 6. The number of anilines is 2. The van der Waals surface area contributed by atoms with Crippen molar-refractivity contribution in [3.05, 3.63) is 36.0 Å². The molecule has 0 unspecified atom stereocenters. The Bertz CT molecular complexity index is 879. The second kappa shape index (κ2) is 9.32. The summed E-state index contributed by atoms with van der Waals surface area (Å²) in [5.74, 6) is 0.420. The van der Waals surface area contributed by atoms with Gasteiger partial charge in [-0.1, -0.05) is 12.5 Å². The molecule has 0 amide bonds. The zero-order valence-electron chi connectivity index (χ0n) is 17.7. The minimum atomic E-state index is -4.58. The number of nitrogens with zero attached hydrogens (tertiary/aromatic N) is 3. The number of benzene rings is 1. The van der Waals surface area contributed by atoms with Crippen molar-refractivity contribution in [3.63, 3.8) is 0 Å². The average molecular weight is 435 g/mol. The quantitative estimate of drug-likeness (QED) is 0.533. The summed E-state index contributed by atoms with van der Waals surface area (Å²) in [6, 6.07) is 7.09. The Kier molecular flexibility index (Phi) is 6.53. The van der Waals surface area contributed by atoms with Crippen molar-refractivity contribution in [2.45, 2.75) is 76.2 Å². The van der Waals surface area contributed by atoms with Gasteiger partial charge in [-0.05, 0) is 63.5 Å². The van der Waals surface area contributed by atoms with E-state index in [4.69, 9.17) is 9.47 Å². The molecule has 2 aliphatic carbocycles. The summed E-state index contributed by atoms with van der Waals surface area (Å²) in [6.45, 7) is 0. The van der Waals surface area contributed by atoms with E-state index < -0.39 is 11.7 Å². The lowest BCUT2D eigenvalue weighted by molar-refractivity contribution is -0.137. The lowest BCUT2D eigenvalue weighted by Crippen LogP contribution is -2.23. The molecule has 4 rings (SSSR count). The highest BCUT2D eigenvalue weighted by atomic mass is 19.4. The summed E-state index contributed by atoms with van der Waals surface area (Å²) in [6.07, 6.45) is 5.64. The molecular weight excluding hydrogens is 407 g/mol. The molecule has 0 atom stereocenters. The minimum absolute atomic E-state index is 0.0138. The second-order valence-corrected chi connectivity index (χ2v) is 8.35. The highest BCUT2D eigenvalue weighted by Gasteiger charge is 2.37. The van der Waals surface area contributed by atoms with Crippen LogP contribution in [0.4, 0.5) is 24.7 Å². The van der Waals surface area contributed by atoms with Crippen LogP contribution in [0.5, 0.6) is 11.8 Å². The Morgan fingerprint density at radius 2 is 1.58 bits per heavy atom. The Morgan fingerprint density at radius 1 is 0.935 bits per heavy atom. The fourth-order valence-electron chi connectivity index (χ4n) is 4.29. The van der Waals surface area contributed by atoms with Crippen molar-refractivity contribution in [2.75, 3.05) is 11.9 Å². The van der Waals surface area contributed by atoms with E-state index in [9.17, 15) is 13.2 Å². The van der Waals surface area contributed by atoms with Crippen LogP contribution in [0.15, 0.2) is 30.5 Å². The fraction of sp³-hybridized carbons (Fsp3) is 0.565. The van der Waals surface area contributed by atoms with Gasteiger partial charge >= 0.3 is 12.2 Å². The van der Waals surface area contributed by atoms with E-state index in [1.165, 1.54) is 4.90 Å². The van der Waals surface area contributed by atoms with Gasteiger partial charge in [0.2, 0.25) is 0 Å². The number of halogens is 3. The highest BCUT2D eigenvalue weighted by Crippen LogP contribution is 2.39. The molecule has 0 N–H and O–H groups in total. The number of ether oxygens (including phenoxy) is 2. The summed E-state index contributed by atoms with van der Waals surface area (Å²) < 4.78 is 52.9. The van der Waals surface area contributed by atoms with Gasteiger partial charge in [0.1, 0.15) is 17.4 Å². The molecule has 0 saturated heterocycles. The lowest BCUT2D eigenvalue weighted by Gasteiger charge is -2.25. The SMILES string of the molecule is CN(c1cccc(OC2CCCC2)c1)c1nc(OC2CCCCC2)ncc1C(F)(F)F. The first kappa shape index (κ1) is 21.7. The van der Waals surface area contributed by atoms with Crippen LogP contribution in [0.3, 0.4) is 0 Å². The predicted octanol–water partition coefficient (Wildman–Crippen LogP) is 6.30. The third-order valence-electron chi connectivity index (χ3n) is 6.00. The Morgan fingerprint density at radius 3 is 2.26 bits per heavy atom. The maximum Gasteiger partial charge on any atom is 0.421 e. The van der Waals surface area contributed by atoms with Gasteiger partial charge in [0, 0.05) is 25.0 Å². The first-order valence-corrected chi connectivity index (χ1v) is 11.0. The molecule has 31 heavy (non-hydrogen) atoms. The van der Waals surface area contributed by atoms with Crippen molar-refractivity contribution >= 4 is 11.5 Å². The standard InChI is InChI=1S/C23H28F3N3O2/c1-29(16-8-7-13-19(14-16)30-17-11-5-6-12-17)21-20(23(24,25)26)15-27-22(28-21)31-18-9-3-2-4-10-18/h7-8,13-15,17-18H,2-6,9-12H2,1H3. The summed E-state index contributed by atoms with van der Waals surface area (Å²) in [7, 11) is 1.57. The molecule has 2 aromatic rings. The summed E-state index contributed by atoms with van der Waals surface area (Å²) in [5.41, 5.74) is -0.337. The molecule has 168 valence electrons. The smallest absolute Gasteiger partial charge is 0.421 e. The van der Waals surface area contributed by atoms with Crippen molar-refractivity contribution in [1.82, 2.24) is 9.97 Å². The molecule has 8 heteroatoms. The lowest BCUT2D eigenvalue weighted by atomic mass is 9.98. The third-order valence-corrected chi connectivity index (χ3v) is 6.00. The normalized spacial score (nSPS) is 18.2. The number of aromatic nitrogens is 2. The molecule has 1 heterocycles. The molecule has 2 aliphatic rings. The van der Waals surface area contributed by atoms with E-state index in [2.05, 4.69) is 9.97 Å². The van der Waals surface area contributed by atoms with Crippen LogP contribution >= 0.6 is 0 Å². The van der Waals surface area contributed by atoms with E-state index in [0.717, 1.165) is 64.0 Å². The van der Waals surface area contributed by atoms with Crippen LogP contribution < -0.4 is 14.4 Å². The van der Waals surface area contributed by atoms with Crippen LogP contribution in [0.25, 0.3) is 0 Å². The Hall–Kier alpha value is -2.51. The molecule has 1 aromatic heterocycles. The summed E-state index contributed by atoms with van der Waals surface area (Å²) in [4.78, 5) is 9.45. The van der Waals surface area contributed by atoms with Crippen molar-refractivity contribution < 1.29 is 22.6 Å². The number of hydrogen-bond acceptors (Lipinski definition) is 5. The van der Waals surface area contributed by atoms with E-state index in [1.807, 2.05) is 6.07 Å². The van der Waals surface area contributed by atoms with E-state index in [1.54, 1.807) is 25.2 Å². The van der Waals surface area contributed by atoms with Gasteiger partial charge in [0.25, 0.3) is 0 Å². The topological polar surface area (TPSA) is 47.5 Å². The first-order chi connectivity index (χ1) is 14.9. The predicted molar refractivity (Wildman–Crippen MR) is 112 cm³/mol. The van der Waals surface area contributed by atoms with Gasteiger partial charge in [-0.3, -0.25) is 0 Å². The summed E-state index contributed by atoms with van der Waals surface area (Å²) >= 11 is 0. The van der Waals surface area contributed by atoms with E-state index in [-0.39, 0.29) is 24.0 Å². The van der Waals surface area contributed by atoms with Gasteiger partial charge in [0.15, 0.2) is 5.82 Å². The van der Waals surface area contributed by atoms with Gasteiger partial charge in [-0.25, -0.2) is 4.98 Å². The second-order valence-electron chi connectivity index (χ2n) is 8.35. The highest BCUT2D eigenvalue weighted by molar-refractivity contribution is 5.64. The molecule has 2 fully saturated rings. The molecule has 1 aromatic carbocycles. The van der Waals surface area contributed by atoms with Gasteiger partial charge in [0.05, 0.1) is 6.10 Å². The number of alkyl halides is 3. The molecule has 0 bridgehead atoms. The fourth-order valence-corrected chi connectivity index (χ4v) is 4.29. The zero-order valence-corrected chi connectivity index (χ0v) is 17.7. The average Bonchev–Trinajstić information content (AvgIpc) is 3.26. The monoisotopic (exact) mass is 435 g/mol. The van der Waals surface area contributed by atoms with Crippen molar-refractivity contribution in [1.29, 1.82) is 0 Å². The molecule has 2 saturated carbocycles. The molecule has 0 radical (unpaired) electrons. The largest absolute Gasteiger partial charge is 0.490 e. The molecular formula is C23H28F3N3O2. The van der Waals surface area contributed by atoms with Crippen LogP contribution in [-0.2, 0) is 6.18 Å². The van der Waals surface area contributed by atoms with Crippen LogP contribution in [0, 0.1) is 0 Å². The minimum Gasteiger partial charge on any atom is -0.490 e. The van der Waals surface area contributed by atoms with Crippen LogP contribution in [0.1, 0.15) is 63.4 Å². The molecule has 0 aliphatic heterocycles. The Balaban J connectivity index is 1.60. The summed E-state index contributed by atoms with van der Waals surface area (Å²) in [5, 5.41) is 0. The van der Waals surface area contributed by atoms with E-state index >= 15 is 0 Å². The Labute approximate surface area is 180 Å². The molecule has 5 nitrogen and oxygen atoms in total. The van der Waals surface area contributed by atoms with Crippen LogP contribution in [-0.4, -0.2) is 29.2 Å². The first-order valence-electron chi connectivity index (χ1n) is 11.0. The van der Waals surface area contributed by atoms with Gasteiger partial charge in [-0.2, -0.15) is 18.2 Å². The molecule has 0 spiro atoms. The third kappa shape index (κ3) is 5.40. The van der Waals surface area contributed by atoms with Crippen LogP contribution in [0.2, 0.25) is 0 Å². The van der Waals surface area contributed by atoms with Gasteiger partial charge in [-0.15, -0.1) is 0 Å². The maximum atomic E-state index is 13.7. The maximum absolute atomic E-state index is 13.7. The van der Waals surface area contributed by atoms with Crippen molar-refractivity contribution in [3.8, 4) is 11.8 Å². The zero-order chi connectivity index (χ0) is 21.8. The van der Waals surface area contributed by atoms with Gasteiger partial charge < -0.3 is 14.4 Å².